The molecule has 0 aliphatic heterocycles. The minimum absolute atomic E-state index is 0.110. The van der Waals surface area contributed by atoms with Gasteiger partial charge >= 0.3 is 6.09 Å². The van der Waals surface area contributed by atoms with E-state index in [9.17, 15) is 15.0 Å². The number of phenolic OH excluding ortho intramolecular Hbond substituents is 1. The van der Waals surface area contributed by atoms with E-state index in [2.05, 4.69) is 5.32 Å². The quantitative estimate of drug-likeness (QED) is 0.570. The lowest BCUT2D eigenvalue weighted by Crippen LogP contribution is -2.28. The molecular weight excluding hydrogens is 358 g/mol. The molecule has 0 radical (unpaired) electrons. The van der Waals surface area contributed by atoms with Crippen LogP contribution in [0.3, 0.4) is 0 Å². The molecule has 0 bridgehead atoms. The van der Waals surface area contributed by atoms with Crippen LogP contribution in [-0.2, 0) is 9.47 Å². The van der Waals surface area contributed by atoms with Gasteiger partial charge in [-0.15, -0.1) is 0 Å². The zero-order chi connectivity index (χ0) is 19.9. The molecule has 0 saturated carbocycles. The van der Waals surface area contributed by atoms with E-state index in [1.807, 2.05) is 36.4 Å². The van der Waals surface area contributed by atoms with Crippen molar-refractivity contribution in [2.75, 3.05) is 19.0 Å². The number of carbonyl (C=O) groups excluding carboxylic acids is 1. The molecule has 1 amide bonds. The Bertz CT molecular complexity index is 920. The highest BCUT2D eigenvalue weighted by molar-refractivity contribution is 6.00. The number of rotatable bonds is 7. The zero-order valence-electron chi connectivity index (χ0n) is 15.5. The summed E-state index contributed by atoms with van der Waals surface area (Å²) >= 11 is 0. The van der Waals surface area contributed by atoms with Gasteiger partial charge in [0, 0.05) is 25.5 Å². The number of hydrogen-bond acceptors (Lipinski definition) is 5. The van der Waals surface area contributed by atoms with Gasteiger partial charge in [0.15, 0.2) is 6.10 Å². The predicted octanol–water partition coefficient (Wildman–Crippen LogP) is 4.23. The van der Waals surface area contributed by atoms with Crippen LogP contribution in [0.25, 0.3) is 10.8 Å². The number of amides is 1. The minimum Gasteiger partial charge on any atom is -0.508 e. The van der Waals surface area contributed by atoms with Crippen LogP contribution in [0, 0.1) is 0 Å². The molecule has 0 aliphatic carbocycles. The second kappa shape index (κ2) is 9.21. The van der Waals surface area contributed by atoms with E-state index >= 15 is 0 Å². The van der Waals surface area contributed by atoms with E-state index in [1.54, 1.807) is 18.2 Å². The molecular formula is C22H23NO5. The van der Waals surface area contributed by atoms with Gasteiger partial charge in [-0.25, -0.2) is 4.79 Å². The first kappa shape index (κ1) is 19.7. The number of phenols is 1. The Morgan fingerprint density at radius 2 is 1.75 bits per heavy atom. The molecule has 0 aliphatic rings. The minimum atomic E-state index is -0.743. The Kier molecular flexibility index (Phi) is 6.47. The normalized spacial score (nSPS) is 13.1. The van der Waals surface area contributed by atoms with Gasteiger partial charge in [0.2, 0.25) is 0 Å². The lowest BCUT2D eigenvalue weighted by Gasteiger charge is -2.26. The Balaban J connectivity index is 1.83. The standard InChI is InChI=1S/C22H23NO5/c1-27-20(13-14-24)21(16-9-11-17(25)12-10-16)28-22(26)23-19-8-4-6-15-5-2-3-7-18(15)19/h2-12,20-21,24-25H,13-14H2,1H3,(H,23,26)/t20-,21-/m1/s1. The fourth-order valence-electron chi connectivity index (χ4n) is 3.13. The van der Waals surface area contributed by atoms with Crippen molar-refractivity contribution in [3.63, 3.8) is 0 Å². The molecule has 2 atom stereocenters. The van der Waals surface area contributed by atoms with Gasteiger partial charge in [0.1, 0.15) is 11.9 Å². The number of aromatic hydroxyl groups is 1. The van der Waals surface area contributed by atoms with Crippen molar-refractivity contribution in [1.29, 1.82) is 0 Å². The van der Waals surface area contributed by atoms with E-state index in [0.29, 0.717) is 17.7 Å². The molecule has 0 unspecified atom stereocenters. The summed E-state index contributed by atoms with van der Waals surface area (Å²) in [6, 6.07) is 19.7. The number of aliphatic hydroxyl groups is 1. The summed E-state index contributed by atoms with van der Waals surface area (Å²) in [5, 5.41) is 23.5. The third kappa shape index (κ3) is 4.60. The largest absolute Gasteiger partial charge is 0.508 e. The van der Waals surface area contributed by atoms with Crippen LogP contribution in [0.2, 0.25) is 0 Å². The Morgan fingerprint density at radius 1 is 1.04 bits per heavy atom. The summed E-state index contributed by atoms with van der Waals surface area (Å²) in [6.45, 7) is -0.110. The molecule has 6 nitrogen and oxygen atoms in total. The van der Waals surface area contributed by atoms with E-state index in [0.717, 1.165) is 10.8 Å². The molecule has 3 aromatic rings. The monoisotopic (exact) mass is 381 g/mol. The molecule has 0 spiro atoms. The van der Waals surface area contributed by atoms with Crippen LogP contribution in [0.15, 0.2) is 66.7 Å². The van der Waals surface area contributed by atoms with Crippen molar-refractivity contribution in [3.8, 4) is 5.75 Å². The van der Waals surface area contributed by atoms with E-state index in [1.165, 1.54) is 19.2 Å². The summed E-state index contributed by atoms with van der Waals surface area (Å²) in [6.07, 6.45) is -1.61. The topological polar surface area (TPSA) is 88.0 Å². The maximum absolute atomic E-state index is 12.6. The Labute approximate surface area is 163 Å². The van der Waals surface area contributed by atoms with Gasteiger partial charge in [-0.3, -0.25) is 5.32 Å². The van der Waals surface area contributed by atoms with Gasteiger partial charge < -0.3 is 19.7 Å². The number of aliphatic hydroxyl groups excluding tert-OH is 1. The van der Waals surface area contributed by atoms with Crippen molar-refractivity contribution in [3.05, 3.63) is 72.3 Å². The number of carbonyl (C=O) groups is 1. The Morgan fingerprint density at radius 3 is 2.46 bits per heavy atom. The second-order valence-corrected chi connectivity index (χ2v) is 6.36. The third-order valence-corrected chi connectivity index (χ3v) is 4.54. The first-order valence-corrected chi connectivity index (χ1v) is 9.00. The average Bonchev–Trinajstić information content (AvgIpc) is 2.71. The molecule has 3 aromatic carbocycles. The molecule has 3 N–H and O–H groups in total. The van der Waals surface area contributed by atoms with E-state index in [-0.39, 0.29) is 12.4 Å². The predicted molar refractivity (Wildman–Crippen MR) is 107 cm³/mol. The summed E-state index contributed by atoms with van der Waals surface area (Å²) in [5.41, 5.74) is 1.30. The van der Waals surface area contributed by atoms with Crippen LogP contribution in [0.4, 0.5) is 10.5 Å². The Hall–Kier alpha value is -3.09. The van der Waals surface area contributed by atoms with Crippen LogP contribution in [-0.4, -0.2) is 36.1 Å². The number of methoxy groups -OCH3 is 1. The maximum Gasteiger partial charge on any atom is 0.412 e. The molecule has 146 valence electrons. The smallest absolute Gasteiger partial charge is 0.412 e. The highest BCUT2D eigenvalue weighted by atomic mass is 16.6. The van der Waals surface area contributed by atoms with Crippen LogP contribution >= 0.6 is 0 Å². The van der Waals surface area contributed by atoms with E-state index in [4.69, 9.17) is 9.47 Å². The number of nitrogens with one attached hydrogen (secondary N) is 1. The van der Waals surface area contributed by atoms with Crippen molar-refractivity contribution >= 4 is 22.6 Å². The van der Waals surface area contributed by atoms with Crippen molar-refractivity contribution in [2.45, 2.75) is 18.6 Å². The lowest BCUT2D eigenvalue weighted by atomic mass is 10.0. The van der Waals surface area contributed by atoms with Crippen molar-refractivity contribution in [1.82, 2.24) is 0 Å². The molecule has 0 fully saturated rings. The van der Waals surface area contributed by atoms with Crippen molar-refractivity contribution < 1.29 is 24.5 Å². The van der Waals surface area contributed by atoms with Gasteiger partial charge in [-0.05, 0) is 29.1 Å². The average molecular weight is 381 g/mol. The summed E-state index contributed by atoms with van der Waals surface area (Å²) in [4.78, 5) is 12.6. The lowest BCUT2D eigenvalue weighted by molar-refractivity contribution is -0.0306. The SMILES string of the molecule is CO[C@H](CCO)[C@H](OC(=O)Nc1cccc2ccccc12)c1ccc(O)cc1. The summed E-state index contributed by atoms with van der Waals surface area (Å²) in [5.74, 6) is 0.110. The van der Waals surface area contributed by atoms with Gasteiger partial charge in [0.25, 0.3) is 0 Å². The number of fused-ring (bicyclic) bond motifs is 1. The van der Waals surface area contributed by atoms with E-state index < -0.39 is 18.3 Å². The first-order valence-electron chi connectivity index (χ1n) is 9.00. The zero-order valence-corrected chi connectivity index (χ0v) is 15.5. The van der Waals surface area contributed by atoms with Crippen LogP contribution < -0.4 is 5.32 Å². The van der Waals surface area contributed by atoms with Gasteiger partial charge in [0.05, 0.1) is 5.69 Å². The number of ether oxygens (including phenoxy) is 2. The van der Waals surface area contributed by atoms with Gasteiger partial charge in [-0.2, -0.15) is 0 Å². The maximum atomic E-state index is 12.6. The van der Waals surface area contributed by atoms with Crippen LogP contribution in [0.5, 0.6) is 5.75 Å². The molecule has 28 heavy (non-hydrogen) atoms. The number of benzene rings is 3. The molecule has 0 heterocycles. The highest BCUT2D eigenvalue weighted by Gasteiger charge is 2.27. The van der Waals surface area contributed by atoms with Crippen molar-refractivity contribution in [2.24, 2.45) is 0 Å². The fourth-order valence-corrected chi connectivity index (χ4v) is 3.13. The summed E-state index contributed by atoms with van der Waals surface area (Å²) < 4.78 is 11.1. The number of hydrogen-bond donors (Lipinski definition) is 3. The third-order valence-electron chi connectivity index (χ3n) is 4.54. The van der Waals surface area contributed by atoms with Gasteiger partial charge in [-0.1, -0.05) is 48.5 Å². The fraction of sp³-hybridized carbons (Fsp3) is 0.227. The molecule has 3 rings (SSSR count). The van der Waals surface area contributed by atoms with Crippen LogP contribution in [0.1, 0.15) is 18.1 Å². The molecule has 0 saturated heterocycles. The number of anilines is 1. The first-order chi connectivity index (χ1) is 13.6. The second-order valence-electron chi connectivity index (χ2n) is 6.36. The highest BCUT2D eigenvalue weighted by Crippen LogP contribution is 2.28. The molecule has 0 aromatic heterocycles. The molecule has 6 heteroatoms. The summed E-state index contributed by atoms with van der Waals surface area (Å²) in [7, 11) is 1.50.